The number of ether oxygens (including phenoxy) is 3. The van der Waals surface area contributed by atoms with Gasteiger partial charge in [-0.2, -0.15) is 0 Å². The third kappa shape index (κ3) is 4.98. The maximum Gasteiger partial charge on any atom is 0.343 e. The van der Waals surface area contributed by atoms with Crippen molar-refractivity contribution in [3.8, 4) is 22.8 Å². The fourth-order valence-corrected chi connectivity index (χ4v) is 3.27. The second-order valence-corrected chi connectivity index (χ2v) is 7.20. The van der Waals surface area contributed by atoms with E-state index in [-0.39, 0.29) is 5.56 Å². The van der Waals surface area contributed by atoms with E-state index in [1.165, 1.54) is 7.11 Å². The minimum absolute atomic E-state index is 0.279. The number of benzene rings is 3. The van der Waals surface area contributed by atoms with E-state index < -0.39 is 5.97 Å². The molecule has 0 N–H and O–H groups in total. The van der Waals surface area contributed by atoms with Crippen molar-refractivity contribution in [2.45, 2.75) is 20.1 Å². The van der Waals surface area contributed by atoms with Gasteiger partial charge in [-0.3, -0.25) is 0 Å². The van der Waals surface area contributed by atoms with Crippen LogP contribution in [0.25, 0.3) is 11.3 Å². The van der Waals surface area contributed by atoms with E-state index in [1.807, 2.05) is 78.9 Å². The van der Waals surface area contributed by atoms with Gasteiger partial charge in [0, 0.05) is 11.6 Å². The van der Waals surface area contributed by atoms with E-state index in [4.69, 9.17) is 18.7 Å². The van der Waals surface area contributed by atoms with Crippen molar-refractivity contribution >= 4 is 5.97 Å². The van der Waals surface area contributed by atoms with Crippen LogP contribution < -0.4 is 9.47 Å². The van der Waals surface area contributed by atoms with Crippen LogP contribution in [0.3, 0.4) is 0 Å². The number of hydrogen-bond acceptors (Lipinski definition) is 6. The minimum atomic E-state index is -0.513. The van der Waals surface area contributed by atoms with Gasteiger partial charge in [-0.05, 0) is 30.2 Å². The van der Waals surface area contributed by atoms with Crippen molar-refractivity contribution in [1.82, 2.24) is 5.16 Å². The van der Waals surface area contributed by atoms with E-state index >= 15 is 0 Å². The zero-order valence-corrected chi connectivity index (χ0v) is 17.9. The lowest BCUT2D eigenvalue weighted by Gasteiger charge is -2.12. The molecule has 32 heavy (non-hydrogen) atoms. The number of rotatable bonds is 8. The summed E-state index contributed by atoms with van der Waals surface area (Å²) in [7, 11) is 1.33. The Labute approximate surface area is 186 Å². The molecule has 4 rings (SSSR count). The summed E-state index contributed by atoms with van der Waals surface area (Å²) in [6.45, 7) is 2.46. The van der Waals surface area contributed by atoms with Crippen LogP contribution in [0.15, 0.2) is 83.4 Å². The van der Waals surface area contributed by atoms with Crippen molar-refractivity contribution in [3.63, 3.8) is 0 Å². The normalized spacial score (nSPS) is 10.6. The van der Waals surface area contributed by atoms with E-state index in [1.54, 1.807) is 6.92 Å². The summed E-state index contributed by atoms with van der Waals surface area (Å²) in [6, 6.07) is 25.2. The van der Waals surface area contributed by atoms with Crippen LogP contribution in [-0.4, -0.2) is 18.2 Å². The molecule has 4 aromatic rings. The smallest absolute Gasteiger partial charge is 0.343 e. The monoisotopic (exact) mass is 429 g/mol. The molecular weight excluding hydrogens is 406 g/mol. The van der Waals surface area contributed by atoms with Gasteiger partial charge in [0.05, 0.1) is 7.11 Å². The highest BCUT2D eigenvalue weighted by Crippen LogP contribution is 2.33. The molecule has 0 saturated carbocycles. The largest absolute Gasteiger partial charge is 0.489 e. The average molecular weight is 429 g/mol. The summed E-state index contributed by atoms with van der Waals surface area (Å²) in [4.78, 5) is 12.3. The number of carbonyl (C=O) groups is 1. The second-order valence-electron chi connectivity index (χ2n) is 7.20. The molecule has 162 valence electrons. The van der Waals surface area contributed by atoms with Crippen molar-refractivity contribution in [2.75, 3.05) is 7.11 Å². The first-order chi connectivity index (χ1) is 15.6. The molecule has 6 heteroatoms. The molecule has 0 fully saturated rings. The Hall–Kier alpha value is -4.06. The molecule has 0 unspecified atom stereocenters. The Morgan fingerprint density at radius 3 is 1.88 bits per heavy atom. The lowest BCUT2D eigenvalue weighted by atomic mass is 10.1. The van der Waals surface area contributed by atoms with E-state index in [9.17, 15) is 4.79 Å². The van der Waals surface area contributed by atoms with Crippen molar-refractivity contribution in [2.24, 2.45) is 0 Å². The molecule has 0 spiro atoms. The first-order valence-corrected chi connectivity index (χ1v) is 10.2. The predicted octanol–water partition coefficient (Wildman–Crippen LogP) is 5.59. The Bertz CT molecular complexity index is 1120. The number of hydrogen-bond donors (Lipinski definition) is 0. The average Bonchev–Trinajstić information content (AvgIpc) is 3.23. The standard InChI is InChI=1S/C26H23NO5/c1-18-24(26(28)29-2)25(27-32-18)21-13-22(30-16-19-9-5-3-6-10-19)15-23(14-21)31-17-20-11-7-4-8-12-20/h3-15H,16-17H2,1-2H3. The highest BCUT2D eigenvalue weighted by Gasteiger charge is 2.23. The Balaban J connectivity index is 1.66. The fraction of sp³-hybridized carbons (Fsp3) is 0.154. The van der Waals surface area contributed by atoms with Crippen molar-refractivity contribution < 1.29 is 23.5 Å². The topological polar surface area (TPSA) is 70.8 Å². The molecule has 0 radical (unpaired) electrons. The van der Waals surface area contributed by atoms with Gasteiger partial charge in [-0.1, -0.05) is 65.8 Å². The van der Waals surface area contributed by atoms with Gasteiger partial charge in [-0.15, -0.1) is 0 Å². The molecule has 0 aliphatic heterocycles. The third-order valence-corrected chi connectivity index (χ3v) is 4.90. The summed E-state index contributed by atoms with van der Waals surface area (Å²) in [5.41, 5.74) is 3.37. The zero-order chi connectivity index (χ0) is 22.3. The maximum atomic E-state index is 12.3. The van der Waals surface area contributed by atoms with Crippen LogP contribution in [0.4, 0.5) is 0 Å². The number of esters is 1. The van der Waals surface area contributed by atoms with E-state index in [0.29, 0.717) is 41.7 Å². The van der Waals surface area contributed by atoms with Gasteiger partial charge >= 0.3 is 5.97 Å². The SMILES string of the molecule is COC(=O)c1c(-c2cc(OCc3ccccc3)cc(OCc3ccccc3)c2)noc1C. The lowest BCUT2D eigenvalue weighted by molar-refractivity contribution is 0.0599. The minimum Gasteiger partial charge on any atom is -0.489 e. The summed E-state index contributed by atoms with van der Waals surface area (Å²) in [5.74, 6) is 1.05. The van der Waals surface area contributed by atoms with Gasteiger partial charge in [0.15, 0.2) is 0 Å². The van der Waals surface area contributed by atoms with Crippen LogP contribution in [0.5, 0.6) is 11.5 Å². The first kappa shape index (κ1) is 21.2. The van der Waals surface area contributed by atoms with Crippen molar-refractivity contribution in [3.05, 3.63) is 101 Å². The zero-order valence-electron chi connectivity index (χ0n) is 17.9. The molecule has 6 nitrogen and oxygen atoms in total. The van der Waals surface area contributed by atoms with Crippen molar-refractivity contribution in [1.29, 1.82) is 0 Å². The summed E-state index contributed by atoms with van der Waals surface area (Å²) < 4.78 is 22.2. The van der Waals surface area contributed by atoms with Crippen LogP contribution in [0.1, 0.15) is 27.2 Å². The Morgan fingerprint density at radius 1 is 0.844 bits per heavy atom. The molecule has 1 heterocycles. The van der Waals surface area contributed by atoms with E-state index in [2.05, 4.69) is 5.16 Å². The van der Waals surface area contributed by atoms with Gasteiger partial charge in [0.25, 0.3) is 0 Å². The second kappa shape index (κ2) is 9.83. The first-order valence-electron chi connectivity index (χ1n) is 10.2. The number of carbonyl (C=O) groups excluding carboxylic acids is 1. The van der Waals surface area contributed by atoms with Crippen LogP contribution in [0.2, 0.25) is 0 Å². The Morgan fingerprint density at radius 2 is 1.38 bits per heavy atom. The molecule has 0 aliphatic carbocycles. The third-order valence-electron chi connectivity index (χ3n) is 4.90. The van der Waals surface area contributed by atoms with Gasteiger partial charge in [0.1, 0.15) is 41.7 Å². The molecule has 0 saturated heterocycles. The van der Waals surface area contributed by atoms with Crippen LogP contribution in [-0.2, 0) is 18.0 Å². The summed E-state index contributed by atoms with van der Waals surface area (Å²) in [6.07, 6.45) is 0. The summed E-state index contributed by atoms with van der Waals surface area (Å²) in [5, 5.41) is 4.09. The van der Waals surface area contributed by atoms with Gasteiger partial charge < -0.3 is 18.7 Å². The number of aromatic nitrogens is 1. The fourth-order valence-electron chi connectivity index (χ4n) is 3.27. The number of methoxy groups -OCH3 is 1. The highest BCUT2D eigenvalue weighted by molar-refractivity contribution is 5.97. The molecule has 0 atom stereocenters. The lowest BCUT2D eigenvalue weighted by Crippen LogP contribution is -2.04. The summed E-state index contributed by atoms with van der Waals surface area (Å²) >= 11 is 0. The molecule has 0 aliphatic rings. The highest BCUT2D eigenvalue weighted by atomic mass is 16.5. The number of nitrogens with zero attached hydrogens (tertiary/aromatic N) is 1. The van der Waals surface area contributed by atoms with Crippen LogP contribution >= 0.6 is 0 Å². The van der Waals surface area contributed by atoms with Crippen LogP contribution in [0, 0.1) is 6.92 Å². The molecule has 3 aromatic carbocycles. The number of aryl methyl sites for hydroxylation is 1. The molecule has 0 bridgehead atoms. The maximum absolute atomic E-state index is 12.3. The Kier molecular flexibility index (Phi) is 6.51. The van der Waals surface area contributed by atoms with E-state index in [0.717, 1.165) is 11.1 Å². The van der Waals surface area contributed by atoms with Gasteiger partial charge in [0.2, 0.25) is 0 Å². The predicted molar refractivity (Wildman–Crippen MR) is 120 cm³/mol. The molecule has 1 aromatic heterocycles. The van der Waals surface area contributed by atoms with Gasteiger partial charge in [-0.25, -0.2) is 4.79 Å². The molecule has 0 amide bonds. The quantitative estimate of drug-likeness (QED) is 0.340. The molecular formula is C26H23NO5.